The van der Waals surface area contributed by atoms with Gasteiger partial charge < -0.3 is 4.74 Å². The Morgan fingerprint density at radius 2 is 2.11 bits per heavy atom. The second-order valence-corrected chi connectivity index (χ2v) is 6.17. The van der Waals surface area contributed by atoms with E-state index in [1.807, 2.05) is 11.7 Å². The number of aromatic nitrogens is 2. The summed E-state index contributed by atoms with van der Waals surface area (Å²) in [5.41, 5.74) is 2.56. The standard InChI is InChI=1S/C13H20BrClN2O/c1-3-10-12(14)11(17(2)16-10)8-13(9-15)4-6-18-7-5-13/h3-9H2,1-2H3. The molecule has 0 amide bonds. The van der Waals surface area contributed by atoms with Crippen molar-refractivity contribution in [1.29, 1.82) is 0 Å². The molecule has 1 aromatic heterocycles. The van der Waals surface area contributed by atoms with Gasteiger partial charge in [0, 0.05) is 26.1 Å². The number of alkyl halides is 1. The number of hydrogen-bond donors (Lipinski definition) is 0. The number of rotatable bonds is 4. The second-order valence-electron chi connectivity index (χ2n) is 5.11. The van der Waals surface area contributed by atoms with Crippen molar-refractivity contribution in [3.8, 4) is 0 Å². The molecule has 102 valence electrons. The van der Waals surface area contributed by atoms with Crippen LogP contribution in [-0.4, -0.2) is 28.9 Å². The van der Waals surface area contributed by atoms with Crippen molar-refractivity contribution < 1.29 is 4.74 Å². The van der Waals surface area contributed by atoms with Crippen molar-refractivity contribution in [2.45, 2.75) is 32.6 Å². The van der Waals surface area contributed by atoms with E-state index in [2.05, 4.69) is 28.0 Å². The van der Waals surface area contributed by atoms with Crippen molar-refractivity contribution in [1.82, 2.24) is 9.78 Å². The summed E-state index contributed by atoms with van der Waals surface area (Å²) >= 11 is 9.92. The van der Waals surface area contributed by atoms with Gasteiger partial charge in [-0.1, -0.05) is 6.92 Å². The Balaban J connectivity index is 2.24. The van der Waals surface area contributed by atoms with Gasteiger partial charge in [0.2, 0.25) is 0 Å². The Morgan fingerprint density at radius 3 is 2.61 bits per heavy atom. The lowest BCUT2D eigenvalue weighted by Crippen LogP contribution is -2.34. The van der Waals surface area contributed by atoms with Crippen LogP contribution in [0, 0.1) is 5.41 Å². The summed E-state index contributed by atoms with van der Waals surface area (Å²) in [7, 11) is 2.01. The van der Waals surface area contributed by atoms with Gasteiger partial charge >= 0.3 is 0 Å². The van der Waals surface area contributed by atoms with Gasteiger partial charge in [-0.2, -0.15) is 5.10 Å². The summed E-state index contributed by atoms with van der Waals surface area (Å²) in [4.78, 5) is 0. The smallest absolute Gasteiger partial charge is 0.0766 e. The third kappa shape index (κ3) is 2.75. The van der Waals surface area contributed by atoms with Crippen LogP contribution in [0.5, 0.6) is 0 Å². The molecule has 1 aromatic rings. The zero-order chi connectivity index (χ0) is 13.2. The lowest BCUT2D eigenvalue weighted by molar-refractivity contribution is 0.0249. The topological polar surface area (TPSA) is 27.1 Å². The van der Waals surface area contributed by atoms with Gasteiger partial charge in [-0.25, -0.2) is 0 Å². The van der Waals surface area contributed by atoms with E-state index < -0.39 is 0 Å². The summed E-state index contributed by atoms with van der Waals surface area (Å²) in [5, 5.41) is 4.56. The molecule has 1 saturated heterocycles. The lowest BCUT2D eigenvalue weighted by Gasteiger charge is -2.35. The Morgan fingerprint density at radius 1 is 1.44 bits per heavy atom. The fraction of sp³-hybridized carbons (Fsp3) is 0.769. The van der Waals surface area contributed by atoms with Crippen molar-refractivity contribution >= 4 is 27.5 Å². The van der Waals surface area contributed by atoms with Crippen LogP contribution in [0.1, 0.15) is 31.2 Å². The quantitative estimate of drug-likeness (QED) is 0.789. The van der Waals surface area contributed by atoms with E-state index in [0.717, 1.165) is 49.1 Å². The predicted octanol–water partition coefficient (Wildman–Crippen LogP) is 3.32. The maximum absolute atomic E-state index is 6.23. The molecule has 0 aromatic carbocycles. The van der Waals surface area contributed by atoms with Crippen LogP contribution in [-0.2, 0) is 24.6 Å². The van der Waals surface area contributed by atoms with Gasteiger partial charge in [-0.3, -0.25) is 4.68 Å². The summed E-state index contributed by atoms with van der Waals surface area (Å²) < 4.78 is 8.61. The van der Waals surface area contributed by atoms with Crippen LogP contribution < -0.4 is 0 Å². The minimum atomic E-state index is 0.168. The molecule has 0 aliphatic carbocycles. The molecule has 18 heavy (non-hydrogen) atoms. The van der Waals surface area contributed by atoms with Crippen molar-refractivity contribution in [2.24, 2.45) is 12.5 Å². The molecule has 1 aliphatic heterocycles. The molecule has 2 rings (SSSR count). The van der Waals surface area contributed by atoms with Crippen LogP contribution >= 0.6 is 27.5 Å². The predicted molar refractivity (Wildman–Crippen MR) is 77.2 cm³/mol. The van der Waals surface area contributed by atoms with Crippen LogP contribution in [0.2, 0.25) is 0 Å². The highest BCUT2D eigenvalue weighted by molar-refractivity contribution is 9.10. The third-order valence-electron chi connectivity index (χ3n) is 3.88. The Bertz CT molecular complexity index is 413. The summed E-state index contributed by atoms with van der Waals surface area (Å²) in [6.07, 6.45) is 4.00. The van der Waals surface area contributed by atoms with Gasteiger partial charge in [-0.05, 0) is 47.0 Å². The van der Waals surface area contributed by atoms with E-state index in [-0.39, 0.29) is 5.41 Å². The first kappa shape index (κ1) is 14.4. The lowest BCUT2D eigenvalue weighted by atomic mass is 9.78. The Kier molecular flexibility index (Phi) is 4.73. The molecule has 0 saturated carbocycles. The first-order chi connectivity index (χ1) is 8.62. The van der Waals surface area contributed by atoms with E-state index in [4.69, 9.17) is 16.3 Å². The number of halogens is 2. The normalized spacial score (nSPS) is 19.1. The number of ether oxygens (including phenoxy) is 1. The van der Waals surface area contributed by atoms with Crippen molar-refractivity contribution in [3.63, 3.8) is 0 Å². The van der Waals surface area contributed by atoms with Gasteiger partial charge in [0.25, 0.3) is 0 Å². The number of nitrogens with zero attached hydrogens (tertiary/aromatic N) is 2. The molecule has 0 N–H and O–H groups in total. The maximum atomic E-state index is 6.23. The second kappa shape index (κ2) is 5.93. The molecular formula is C13H20BrClN2O. The fourth-order valence-electron chi connectivity index (χ4n) is 2.53. The molecule has 3 nitrogen and oxygen atoms in total. The van der Waals surface area contributed by atoms with E-state index in [1.165, 1.54) is 5.69 Å². The molecule has 5 heteroatoms. The Labute approximate surface area is 122 Å². The van der Waals surface area contributed by atoms with Crippen LogP contribution in [0.4, 0.5) is 0 Å². The maximum Gasteiger partial charge on any atom is 0.0766 e. The van der Waals surface area contributed by atoms with Crippen molar-refractivity contribution in [3.05, 3.63) is 15.9 Å². The summed E-state index contributed by atoms with van der Waals surface area (Å²) in [6.45, 7) is 3.77. The largest absolute Gasteiger partial charge is 0.381 e. The van der Waals surface area contributed by atoms with Crippen molar-refractivity contribution in [2.75, 3.05) is 19.1 Å². The third-order valence-corrected chi connectivity index (χ3v) is 5.36. The highest BCUT2D eigenvalue weighted by atomic mass is 79.9. The van der Waals surface area contributed by atoms with Gasteiger partial charge in [0.1, 0.15) is 0 Å². The van der Waals surface area contributed by atoms with E-state index >= 15 is 0 Å². The summed E-state index contributed by atoms with van der Waals surface area (Å²) in [5.74, 6) is 0.690. The molecule has 0 bridgehead atoms. The van der Waals surface area contributed by atoms with E-state index in [9.17, 15) is 0 Å². The SMILES string of the molecule is CCc1nn(C)c(CC2(CCl)CCOCC2)c1Br. The molecule has 0 unspecified atom stereocenters. The minimum Gasteiger partial charge on any atom is -0.381 e. The van der Waals surface area contributed by atoms with Crippen LogP contribution in [0.3, 0.4) is 0 Å². The molecule has 2 heterocycles. The van der Waals surface area contributed by atoms with E-state index in [0.29, 0.717) is 5.88 Å². The zero-order valence-electron chi connectivity index (χ0n) is 11.0. The molecule has 1 aliphatic rings. The molecular weight excluding hydrogens is 316 g/mol. The monoisotopic (exact) mass is 334 g/mol. The van der Waals surface area contributed by atoms with Crippen LogP contribution in [0.15, 0.2) is 4.47 Å². The van der Waals surface area contributed by atoms with Gasteiger partial charge in [-0.15, -0.1) is 11.6 Å². The highest BCUT2D eigenvalue weighted by Gasteiger charge is 2.34. The summed E-state index contributed by atoms with van der Waals surface area (Å²) in [6, 6.07) is 0. The molecule has 0 spiro atoms. The fourth-order valence-corrected chi connectivity index (χ4v) is 3.65. The first-order valence-electron chi connectivity index (χ1n) is 6.46. The number of hydrogen-bond acceptors (Lipinski definition) is 2. The highest BCUT2D eigenvalue weighted by Crippen LogP contribution is 2.37. The van der Waals surface area contributed by atoms with Crippen LogP contribution in [0.25, 0.3) is 0 Å². The first-order valence-corrected chi connectivity index (χ1v) is 7.78. The average Bonchev–Trinajstić information content (AvgIpc) is 2.67. The minimum absolute atomic E-state index is 0.168. The van der Waals surface area contributed by atoms with E-state index in [1.54, 1.807) is 0 Å². The van der Waals surface area contributed by atoms with Gasteiger partial charge in [0.15, 0.2) is 0 Å². The molecule has 1 fully saturated rings. The molecule has 0 atom stereocenters. The Hall–Kier alpha value is -0.0600. The molecule has 0 radical (unpaired) electrons. The van der Waals surface area contributed by atoms with Gasteiger partial charge in [0.05, 0.1) is 15.9 Å². The average molecular weight is 336 g/mol. The zero-order valence-corrected chi connectivity index (χ0v) is 13.4. The number of aryl methyl sites for hydroxylation is 2.